The maximum Gasteiger partial charge on any atom is 0.162 e. The van der Waals surface area contributed by atoms with E-state index in [9.17, 15) is 0 Å². The summed E-state index contributed by atoms with van der Waals surface area (Å²) in [6, 6.07) is 35.4. The van der Waals surface area contributed by atoms with Gasteiger partial charge in [0.1, 0.15) is 19.4 Å². The van der Waals surface area contributed by atoms with E-state index in [0.717, 1.165) is 77.5 Å². The number of nitrogens with zero attached hydrogens (tertiary/aromatic N) is 6. The lowest BCUT2D eigenvalue weighted by Gasteiger charge is -1.96. The molecule has 0 atom stereocenters. The van der Waals surface area contributed by atoms with Crippen molar-refractivity contribution in [3.05, 3.63) is 195 Å². The number of halogens is 4. The van der Waals surface area contributed by atoms with Crippen LogP contribution in [0.3, 0.4) is 0 Å². The van der Waals surface area contributed by atoms with Crippen molar-refractivity contribution in [3.8, 4) is 50.4 Å². The lowest BCUT2D eigenvalue weighted by molar-refractivity contribution is 0.582. The molecule has 5 aromatic carbocycles. The quantitative estimate of drug-likeness (QED) is 0.159. The zero-order valence-corrected chi connectivity index (χ0v) is 59.2. The average molecular weight is 1380 g/mol. The predicted octanol–water partition coefficient (Wildman–Crippen LogP) is 25.3. The fourth-order valence-electron chi connectivity index (χ4n) is 8.97. The van der Waals surface area contributed by atoms with Crippen molar-refractivity contribution in [1.82, 2.24) is 29.9 Å². The van der Waals surface area contributed by atoms with E-state index < -0.39 is 0 Å². The van der Waals surface area contributed by atoms with Crippen LogP contribution >= 0.6 is 148 Å². The largest absolute Gasteiger partial charge is 0.462 e. The van der Waals surface area contributed by atoms with E-state index in [4.69, 9.17) is 54.2 Å². The van der Waals surface area contributed by atoms with Crippen LogP contribution in [-0.2, 0) is 0 Å². The van der Waals surface area contributed by atoms with E-state index in [0.29, 0.717) is 9.36 Å². The Bertz CT molecular complexity index is 4370. The molecular formula is C66H56Cl4N6OS9. The number of rotatable bonds is 5. The first-order chi connectivity index (χ1) is 41.4. The van der Waals surface area contributed by atoms with Crippen molar-refractivity contribution in [1.29, 1.82) is 0 Å². The highest BCUT2D eigenvalue weighted by Gasteiger charge is 2.17. The van der Waals surface area contributed by atoms with Crippen molar-refractivity contribution in [2.75, 3.05) is 6.38 Å². The third-order valence-corrected chi connectivity index (χ3v) is 25.1. The minimum atomic E-state index is 0.601. The summed E-state index contributed by atoms with van der Waals surface area (Å²) in [6.45, 7) is 23.3. The molecule has 0 saturated heterocycles. The lowest BCUT2D eigenvalue weighted by Crippen LogP contribution is -1.79. The first kappa shape index (κ1) is 63.7. The third-order valence-electron chi connectivity index (χ3n) is 13.6. The molecule has 0 aliphatic rings. The van der Waals surface area contributed by atoms with Gasteiger partial charge in [-0.25, -0.2) is 29.9 Å². The fraction of sp³-hybridized carbons (Fsp3) is 0.182. The fourth-order valence-corrected chi connectivity index (χ4v) is 18.6. The van der Waals surface area contributed by atoms with Crippen LogP contribution in [0.15, 0.2) is 125 Å². The lowest BCUT2D eigenvalue weighted by atomic mass is 10.1. The average Bonchev–Trinajstić information content (AvgIpc) is 2.45. The van der Waals surface area contributed by atoms with Crippen molar-refractivity contribution in [2.45, 2.75) is 76.2 Å². The van der Waals surface area contributed by atoms with Gasteiger partial charge in [0.25, 0.3) is 0 Å². The highest BCUT2D eigenvalue weighted by atomic mass is 35.5. The molecule has 86 heavy (non-hydrogen) atoms. The van der Waals surface area contributed by atoms with Gasteiger partial charge in [0.05, 0.1) is 81.3 Å². The Hall–Kier alpha value is -5.28. The van der Waals surface area contributed by atoms with Gasteiger partial charge in [-0.1, -0.05) is 95.5 Å². The number of thiazole rings is 6. The van der Waals surface area contributed by atoms with Crippen LogP contribution in [-0.4, -0.2) is 36.3 Å². The van der Waals surface area contributed by atoms with Crippen molar-refractivity contribution in [3.63, 3.8) is 0 Å². The molecule has 0 amide bonds. The second kappa shape index (κ2) is 28.0. The highest BCUT2D eigenvalue weighted by molar-refractivity contribution is 7.28. The molecule has 10 aromatic heterocycles. The first-order valence-electron chi connectivity index (χ1n) is 26.8. The van der Waals surface area contributed by atoms with Crippen LogP contribution in [0.4, 0.5) is 0 Å². The number of aryl methyl sites for hydroxylation is 11. The maximum absolute atomic E-state index is 6.00. The summed E-state index contributed by atoms with van der Waals surface area (Å²) in [5, 5.41) is 8.79. The Morgan fingerprint density at radius 3 is 1.09 bits per heavy atom. The minimum Gasteiger partial charge on any atom is -0.462 e. The number of fused-ring (bicyclic) bond motifs is 5. The SMILES string of the molecule is CCl.Cc1ccc(-c2nc3c(C)ccc(C)c3s2)s1.Cc1ccc(C)c2sc(-c3cc(Cl)c(Cl)s3)nc12.Cc1ccc(C)c2sc(-c3ccc(Cl)s3)nc12.Cc1ccc(C)c2sc(-c3ccco3)nc12.Cc1ccc(C)c2sc(-c3nccs3)nc12. The molecule has 0 spiro atoms. The van der Waals surface area contributed by atoms with Gasteiger partial charge in [0, 0.05) is 22.8 Å². The van der Waals surface area contributed by atoms with Crippen molar-refractivity contribution in [2.24, 2.45) is 0 Å². The molecule has 15 aromatic rings. The first-order valence-corrected chi connectivity index (χ1v) is 36.1. The van der Waals surface area contributed by atoms with Gasteiger partial charge in [0.2, 0.25) is 0 Å². The van der Waals surface area contributed by atoms with Gasteiger partial charge in [-0.05, 0) is 174 Å². The number of hydrogen-bond donors (Lipinski definition) is 0. The Balaban J connectivity index is 0.000000118. The second-order valence-corrected chi connectivity index (χ2v) is 31.0. The van der Waals surface area contributed by atoms with Crippen LogP contribution in [0.1, 0.15) is 60.5 Å². The highest BCUT2D eigenvalue weighted by Crippen LogP contribution is 2.43. The molecular weight excluding hydrogens is 1320 g/mol. The Morgan fingerprint density at radius 2 is 0.744 bits per heavy atom. The normalized spacial score (nSPS) is 11.0. The molecule has 7 nitrogen and oxygen atoms in total. The summed E-state index contributed by atoms with van der Waals surface area (Å²) in [5.41, 5.74) is 18.2. The van der Waals surface area contributed by atoms with Crippen LogP contribution in [0.2, 0.25) is 13.7 Å². The smallest absolute Gasteiger partial charge is 0.162 e. The molecule has 0 unspecified atom stereocenters. The standard InChI is InChI=1S/C14H13NS2.C13H9Cl2NS2.C13H10ClNS2.C13H11NOS.C12H10N2S2.CH3Cl/c1-8-4-5-9(2)13-12(8)15-14(17-13)11-7-6-10(3)16-11;1-6-3-4-7(2)11-10(6)16-13(18-11)9-5-8(14)12(15)17-9;1-7-3-4-8(2)12-11(7)15-13(17-12)9-5-6-10(14)16-9;1-8-5-6-9(2)12-11(8)14-13(16-12)10-4-3-7-15-10;1-7-3-4-8(2)10-9(7)14-12(16-10)11-13-5-6-15-11;1-2/h4-7H,1-3H3;3-5H,1-2H3;3-6H,1-2H3;3-7H,1-2H3;3-6H,1-2H3;1H3. The van der Waals surface area contributed by atoms with Crippen molar-refractivity contribution < 1.29 is 4.42 Å². The zero-order valence-electron chi connectivity index (χ0n) is 48.8. The molecule has 0 fully saturated rings. The number of aromatic nitrogens is 6. The molecule has 0 N–H and O–H groups in total. The van der Waals surface area contributed by atoms with E-state index in [1.165, 1.54) is 107 Å². The van der Waals surface area contributed by atoms with Crippen LogP contribution in [0, 0.1) is 76.2 Å². The summed E-state index contributed by atoms with van der Waals surface area (Å²) >= 11 is 37.8. The molecule has 0 saturated carbocycles. The van der Waals surface area contributed by atoms with Gasteiger partial charge in [-0.3, -0.25) is 0 Å². The maximum atomic E-state index is 6.00. The molecule has 0 aliphatic carbocycles. The van der Waals surface area contributed by atoms with E-state index in [-0.39, 0.29) is 0 Å². The number of thiophene rings is 3. The summed E-state index contributed by atoms with van der Waals surface area (Å²) in [7, 11) is 0. The van der Waals surface area contributed by atoms with Gasteiger partial charge in [-0.15, -0.1) is 114 Å². The molecule has 20 heteroatoms. The number of benzene rings is 5. The van der Waals surface area contributed by atoms with Crippen LogP contribution < -0.4 is 0 Å². The molecule has 0 bridgehead atoms. The van der Waals surface area contributed by atoms with Crippen LogP contribution in [0.5, 0.6) is 0 Å². The molecule has 0 radical (unpaired) electrons. The van der Waals surface area contributed by atoms with Gasteiger partial charge < -0.3 is 4.42 Å². The van der Waals surface area contributed by atoms with E-state index in [2.05, 4.69) is 176 Å². The van der Waals surface area contributed by atoms with Gasteiger partial charge in [-0.2, -0.15) is 0 Å². The topological polar surface area (TPSA) is 90.5 Å². The summed E-state index contributed by atoms with van der Waals surface area (Å²) in [4.78, 5) is 32.7. The predicted molar refractivity (Wildman–Crippen MR) is 386 cm³/mol. The third kappa shape index (κ3) is 14.1. The second-order valence-electron chi connectivity index (χ2n) is 20.0. The monoisotopic (exact) mass is 1380 g/mol. The number of furan rings is 1. The Labute approximate surface area is 556 Å². The van der Waals surface area contributed by atoms with Gasteiger partial charge in [0.15, 0.2) is 20.8 Å². The van der Waals surface area contributed by atoms with E-state index in [1.54, 1.807) is 85.6 Å². The molecule has 0 aliphatic heterocycles. The summed E-state index contributed by atoms with van der Waals surface area (Å²) in [6.07, 6.45) is 4.98. The van der Waals surface area contributed by atoms with E-state index in [1.807, 2.05) is 53.2 Å². The molecule has 438 valence electrons. The molecule has 15 rings (SSSR count). The van der Waals surface area contributed by atoms with E-state index >= 15 is 0 Å². The minimum absolute atomic E-state index is 0.601. The Morgan fingerprint density at radius 1 is 0.360 bits per heavy atom. The Kier molecular flexibility index (Phi) is 20.8. The van der Waals surface area contributed by atoms with Crippen molar-refractivity contribution >= 4 is 200 Å². The van der Waals surface area contributed by atoms with Gasteiger partial charge >= 0.3 is 0 Å². The summed E-state index contributed by atoms with van der Waals surface area (Å²) in [5.74, 6) is 0.847. The summed E-state index contributed by atoms with van der Waals surface area (Å²) < 4.78 is 13.2. The number of alkyl halides is 1. The molecule has 10 heterocycles. The zero-order chi connectivity index (χ0) is 61.1. The number of hydrogen-bond acceptors (Lipinski definition) is 16. The van der Waals surface area contributed by atoms with Crippen LogP contribution in [0.25, 0.3) is 102 Å².